The second kappa shape index (κ2) is 10.7. The Hall–Kier alpha value is -3.76. The number of ether oxygens (including phenoxy) is 2. The molecule has 11 heteroatoms. The van der Waals surface area contributed by atoms with E-state index in [1.165, 1.54) is 18.2 Å². The lowest BCUT2D eigenvalue weighted by molar-refractivity contribution is -0.274. The third-order valence-corrected chi connectivity index (χ3v) is 5.62. The number of nitrogens with zero attached hydrogens (tertiary/aromatic N) is 5. The van der Waals surface area contributed by atoms with Gasteiger partial charge in [0.2, 0.25) is 0 Å². The van der Waals surface area contributed by atoms with Crippen LogP contribution in [-0.4, -0.2) is 56.0 Å². The number of amides is 1. The van der Waals surface area contributed by atoms with E-state index in [0.29, 0.717) is 42.2 Å². The van der Waals surface area contributed by atoms with Crippen LogP contribution in [0.5, 0.6) is 5.75 Å². The van der Waals surface area contributed by atoms with E-state index in [4.69, 9.17) is 9.72 Å². The number of carbonyl (C=O) groups is 1. The highest BCUT2D eigenvalue weighted by atomic mass is 19.4. The average molecular weight is 516 g/mol. The molecule has 1 aliphatic heterocycles. The van der Waals surface area contributed by atoms with Crippen LogP contribution in [0.25, 0.3) is 11.3 Å². The number of benzene rings is 1. The first-order valence-electron chi connectivity index (χ1n) is 11.9. The minimum atomic E-state index is -4.75. The van der Waals surface area contributed by atoms with Gasteiger partial charge in [0, 0.05) is 43.7 Å². The molecular weight excluding hydrogens is 487 g/mol. The molecule has 1 aliphatic rings. The van der Waals surface area contributed by atoms with Gasteiger partial charge in [0.1, 0.15) is 17.2 Å². The van der Waals surface area contributed by atoms with E-state index >= 15 is 0 Å². The van der Waals surface area contributed by atoms with Crippen molar-refractivity contribution < 1.29 is 27.4 Å². The molecule has 4 rings (SSSR count). The van der Waals surface area contributed by atoms with E-state index in [1.54, 1.807) is 35.8 Å². The Kier molecular flexibility index (Phi) is 7.60. The van der Waals surface area contributed by atoms with Crippen LogP contribution in [0, 0.1) is 5.92 Å². The molecule has 1 aromatic carbocycles. The fourth-order valence-electron chi connectivity index (χ4n) is 4.04. The van der Waals surface area contributed by atoms with Crippen LogP contribution < -0.4 is 4.74 Å². The Labute approximate surface area is 212 Å². The third kappa shape index (κ3) is 7.86. The maximum atomic E-state index is 12.5. The molecular formula is C26H28F3N5O3. The molecule has 0 aliphatic carbocycles. The number of likely N-dealkylation sites (tertiary alicyclic amines) is 1. The second-order valence-electron chi connectivity index (χ2n) is 9.94. The zero-order valence-corrected chi connectivity index (χ0v) is 20.8. The van der Waals surface area contributed by atoms with Crippen LogP contribution in [0.3, 0.4) is 0 Å². The van der Waals surface area contributed by atoms with Gasteiger partial charge < -0.3 is 14.4 Å². The van der Waals surface area contributed by atoms with Crippen LogP contribution in [0.4, 0.5) is 18.0 Å². The Morgan fingerprint density at radius 2 is 1.86 bits per heavy atom. The zero-order valence-electron chi connectivity index (χ0n) is 20.8. The highest BCUT2D eigenvalue weighted by Gasteiger charge is 2.31. The molecule has 3 aromatic rings. The molecule has 0 N–H and O–H groups in total. The van der Waals surface area contributed by atoms with E-state index in [9.17, 15) is 18.0 Å². The SMILES string of the molecule is CC(C)(C)OC(=O)N1CC[C@H](Cc2cncc(-c3cnc(Cc4cccc(OC(F)(F)F)c4)nc3)n2)C1. The molecule has 0 radical (unpaired) electrons. The van der Waals surface area contributed by atoms with Gasteiger partial charge >= 0.3 is 12.5 Å². The molecule has 3 heterocycles. The summed E-state index contributed by atoms with van der Waals surface area (Å²) in [6.07, 6.45) is 3.31. The second-order valence-corrected chi connectivity index (χ2v) is 9.94. The first-order valence-corrected chi connectivity index (χ1v) is 11.9. The van der Waals surface area contributed by atoms with E-state index in [1.807, 2.05) is 20.8 Å². The minimum Gasteiger partial charge on any atom is -0.444 e. The maximum Gasteiger partial charge on any atom is 0.573 e. The summed E-state index contributed by atoms with van der Waals surface area (Å²) in [5.41, 5.74) is 2.16. The topological polar surface area (TPSA) is 90.3 Å². The van der Waals surface area contributed by atoms with Crippen molar-refractivity contribution in [3.63, 3.8) is 0 Å². The molecule has 1 atom stereocenters. The summed E-state index contributed by atoms with van der Waals surface area (Å²) in [5, 5.41) is 0. The van der Waals surface area contributed by atoms with Gasteiger partial charge in [0.15, 0.2) is 0 Å². The van der Waals surface area contributed by atoms with Crippen molar-refractivity contribution >= 4 is 6.09 Å². The summed E-state index contributed by atoms with van der Waals surface area (Å²) in [4.78, 5) is 31.7. The number of carbonyl (C=O) groups excluding carboxylic acids is 1. The number of rotatable bonds is 6. The van der Waals surface area contributed by atoms with Crippen molar-refractivity contribution in [2.24, 2.45) is 5.92 Å². The van der Waals surface area contributed by atoms with Crippen molar-refractivity contribution in [2.75, 3.05) is 13.1 Å². The van der Waals surface area contributed by atoms with Gasteiger partial charge in [-0.3, -0.25) is 4.98 Å². The summed E-state index contributed by atoms with van der Waals surface area (Å²) in [6.45, 7) is 6.80. The molecule has 1 amide bonds. The highest BCUT2D eigenvalue weighted by molar-refractivity contribution is 5.68. The molecule has 196 valence electrons. The van der Waals surface area contributed by atoms with E-state index < -0.39 is 12.0 Å². The monoisotopic (exact) mass is 515 g/mol. The summed E-state index contributed by atoms with van der Waals surface area (Å²) in [7, 11) is 0. The van der Waals surface area contributed by atoms with Crippen LogP contribution in [0.1, 0.15) is 44.3 Å². The Bertz CT molecular complexity index is 1230. The molecule has 37 heavy (non-hydrogen) atoms. The van der Waals surface area contributed by atoms with Gasteiger partial charge in [-0.2, -0.15) is 0 Å². The van der Waals surface area contributed by atoms with Gasteiger partial charge in [0.05, 0.1) is 17.6 Å². The molecule has 8 nitrogen and oxygen atoms in total. The number of halogens is 3. The molecule has 0 unspecified atom stereocenters. The zero-order chi connectivity index (χ0) is 26.6. The molecule has 0 bridgehead atoms. The quantitative estimate of drug-likeness (QED) is 0.444. The predicted octanol–water partition coefficient (Wildman–Crippen LogP) is 5.22. The minimum absolute atomic E-state index is 0.247. The van der Waals surface area contributed by atoms with Gasteiger partial charge in [0.25, 0.3) is 0 Å². The largest absolute Gasteiger partial charge is 0.573 e. The summed E-state index contributed by atoms with van der Waals surface area (Å²) in [5.74, 6) is 0.420. The average Bonchev–Trinajstić information content (AvgIpc) is 3.26. The smallest absolute Gasteiger partial charge is 0.444 e. The standard InChI is InChI=1S/C26H28F3N5O3/c1-25(2,3)37-24(35)34-8-7-18(16-34)9-20-14-30-15-22(33-20)19-12-31-23(32-13-19)11-17-5-4-6-21(10-17)36-26(27,28)29/h4-6,10,12-15,18H,7-9,11,16H2,1-3H3/t18-/m1/s1. The lowest BCUT2D eigenvalue weighted by Crippen LogP contribution is -2.35. The molecule has 2 aromatic heterocycles. The maximum absolute atomic E-state index is 12.5. The van der Waals surface area contributed by atoms with Crippen LogP contribution in [-0.2, 0) is 17.6 Å². The van der Waals surface area contributed by atoms with Crippen molar-refractivity contribution in [1.29, 1.82) is 0 Å². The first kappa shape index (κ1) is 26.3. The van der Waals surface area contributed by atoms with E-state index in [-0.39, 0.29) is 24.2 Å². The number of hydrogen-bond donors (Lipinski definition) is 0. The lowest BCUT2D eigenvalue weighted by atomic mass is 10.0. The van der Waals surface area contributed by atoms with Crippen molar-refractivity contribution in [2.45, 2.75) is 52.0 Å². The van der Waals surface area contributed by atoms with E-state index in [0.717, 1.165) is 12.1 Å². The molecule has 1 fully saturated rings. The van der Waals surface area contributed by atoms with Gasteiger partial charge in [-0.15, -0.1) is 13.2 Å². The van der Waals surface area contributed by atoms with Crippen LogP contribution >= 0.6 is 0 Å². The van der Waals surface area contributed by atoms with Crippen LogP contribution in [0.15, 0.2) is 49.1 Å². The van der Waals surface area contributed by atoms with Crippen molar-refractivity contribution in [3.05, 3.63) is 66.1 Å². The third-order valence-electron chi connectivity index (χ3n) is 5.62. The molecule has 1 saturated heterocycles. The first-order chi connectivity index (χ1) is 17.4. The lowest BCUT2D eigenvalue weighted by Gasteiger charge is -2.24. The summed E-state index contributed by atoms with van der Waals surface area (Å²) in [6, 6.07) is 5.73. The van der Waals surface area contributed by atoms with Gasteiger partial charge in [-0.05, 0) is 57.2 Å². The number of hydrogen-bond acceptors (Lipinski definition) is 7. The molecule has 0 saturated carbocycles. The van der Waals surface area contributed by atoms with Crippen molar-refractivity contribution in [1.82, 2.24) is 24.8 Å². The fraction of sp³-hybridized carbons (Fsp3) is 0.423. The normalized spacial score (nSPS) is 16.1. The van der Waals surface area contributed by atoms with Gasteiger partial charge in [-0.25, -0.2) is 19.7 Å². The Morgan fingerprint density at radius 3 is 2.57 bits per heavy atom. The van der Waals surface area contributed by atoms with Gasteiger partial charge in [-0.1, -0.05) is 12.1 Å². The van der Waals surface area contributed by atoms with Crippen molar-refractivity contribution in [3.8, 4) is 17.0 Å². The predicted molar refractivity (Wildman–Crippen MR) is 129 cm³/mol. The highest BCUT2D eigenvalue weighted by Crippen LogP contribution is 2.25. The Balaban J connectivity index is 1.37. The number of aromatic nitrogens is 4. The van der Waals surface area contributed by atoms with E-state index in [2.05, 4.69) is 19.7 Å². The fourth-order valence-corrected chi connectivity index (χ4v) is 4.04. The summed E-state index contributed by atoms with van der Waals surface area (Å²) >= 11 is 0. The van der Waals surface area contributed by atoms with Crippen LogP contribution in [0.2, 0.25) is 0 Å². The Morgan fingerprint density at radius 1 is 1.11 bits per heavy atom. The summed E-state index contributed by atoms with van der Waals surface area (Å²) < 4.78 is 46.8. The number of alkyl halides is 3. The molecule has 0 spiro atoms.